The predicted molar refractivity (Wildman–Crippen MR) is 55.4 cm³/mol. The van der Waals surface area contributed by atoms with Crippen LogP contribution in [-0.4, -0.2) is 12.6 Å². The minimum Gasteiger partial charge on any atom is -0.463 e. The fourth-order valence-electron chi connectivity index (χ4n) is 1.06. The van der Waals surface area contributed by atoms with Crippen LogP contribution in [-0.2, 0) is 0 Å². The van der Waals surface area contributed by atoms with Crippen molar-refractivity contribution in [2.24, 2.45) is 0 Å². The van der Waals surface area contributed by atoms with Crippen molar-refractivity contribution >= 4 is 21.7 Å². The van der Waals surface area contributed by atoms with Crippen molar-refractivity contribution in [3.8, 4) is 5.75 Å². The number of ether oxygens (including phenoxy) is 1. The average molecular weight is 261 g/mol. The second-order valence-electron chi connectivity index (χ2n) is 2.67. The molecule has 0 aliphatic carbocycles. The molecule has 0 aliphatic heterocycles. The van der Waals surface area contributed by atoms with E-state index >= 15 is 0 Å². The highest BCUT2D eigenvalue weighted by atomic mass is 79.9. The minimum atomic E-state index is -0.888. The van der Waals surface area contributed by atoms with E-state index in [9.17, 15) is 9.18 Å². The molecule has 0 unspecified atom stereocenters. The molecule has 0 radical (unpaired) electrons. The standard InChI is InChI=1S/C10H10BrFO2/c1-2-10(13)8-5-7(14-6-12)3-4-9(8)11/h3-5H,2,6H2,1H3. The van der Waals surface area contributed by atoms with E-state index in [2.05, 4.69) is 20.7 Å². The zero-order chi connectivity index (χ0) is 10.6. The zero-order valence-electron chi connectivity index (χ0n) is 7.72. The van der Waals surface area contributed by atoms with Gasteiger partial charge in [0.15, 0.2) is 5.78 Å². The van der Waals surface area contributed by atoms with E-state index < -0.39 is 6.86 Å². The molecule has 0 N–H and O–H groups in total. The minimum absolute atomic E-state index is 0.00110. The normalized spacial score (nSPS) is 9.93. The second kappa shape index (κ2) is 5.10. The predicted octanol–water partition coefficient (Wildman–Crippen LogP) is 3.35. The van der Waals surface area contributed by atoms with E-state index in [0.29, 0.717) is 22.2 Å². The highest BCUT2D eigenvalue weighted by Gasteiger charge is 2.09. The molecule has 2 nitrogen and oxygen atoms in total. The molecule has 4 heteroatoms. The van der Waals surface area contributed by atoms with Crippen LogP contribution in [0.2, 0.25) is 0 Å². The fraction of sp³-hybridized carbons (Fsp3) is 0.300. The summed E-state index contributed by atoms with van der Waals surface area (Å²) < 4.78 is 17.2. The number of carbonyl (C=O) groups excluding carboxylic acids is 1. The number of hydrogen-bond acceptors (Lipinski definition) is 2. The summed E-state index contributed by atoms with van der Waals surface area (Å²) in [6.45, 7) is 0.888. The number of benzene rings is 1. The van der Waals surface area contributed by atoms with Gasteiger partial charge < -0.3 is 4.74 Å². The Hall–Kier alpha value is -0.900. The summed E-state index contributed by atoms with van der Waals surface area (Å²) in [5.41, 5.74) is 0.526. The number of hydrogen-bond donors (Lipinski definition) is 0. The maximum Gasteiger partial charge on any atom is 0.228 e. The van der Waals surface area contributed by atoms with Crippen molar-refractivity contribution in [2.45, 2.75) is 13.3 Å². The van der Waals surface area contributed by atoms with Crippen LogP contribution >= 0.6 is 15.9 Å². The Balaban J connectivity index is 3.01. The molecular formula is C10H10BrFO2. The van der Waals surface area contributed by atoms with Gasteiger partial charge in [-0.3, -0.25) is 4.79 Å². The van der Waals surface area contributed by atoms with Gasteiger partial charge in [-0.05, 0) is 18.2 Å². The molecule has 0 atom stereocenters. The van der Waals surface area contributed by atoms with Crippen LogP contribution < -0.4 is 4.74 Å². The Labute approximate surface area is 90.2 Å². The lowest BCUT2D eigenvalue weighted by Gasteiger charge is -2.05. The first-order chi connectivity index (χ1) is 6.69. The first kappa shape index (κ1) is 11.2. The van der Waals surface area contributed by atoms with Crippen LogP contribution in [0.1, 0.15) is 23.7 Å². The van der Waals surface area contributed by atoms with Crippen LogP contribution in [0, 0.1) is 0 Å². The molecule has 0 bridgehead atoms. The topological polar surface area (TPSA) is 26.3 Å². The van der Waals surface area contributed by atoms with Crippen LogP contribution in [0.25, 0.3) is 0 Å². The summed E-state index contributed by atoms with van der Waals surface area (Å²) in [5, 5.41) is 0. The largest absolute Gasteiger partial charge is 0.463 e. The first-order valence-electron chi connectivity index (χ1n) is 4.20. The monoisotopic (exact) mass is 260 g/mol. The molecule has 0 saturated heterocycles. The van der Waals surface area contributed by atoms with Gasteiger partial charge in [0, 0.05) is 16.5 Å². The van der Waals surface area contributed by atoms with Crippen LogP contribution in [0.15, 0.2) is 22.7 Å². The highest BCUT2D eigenvalue weighted by molar-refractivity contribution is 9.10. The van der Waals surface area contributed by atoms with E-state index in [1.165, 1.54) is 6.07 Å². The molecular weight excluding hydrogens is 251 g/mol. The Bertz CT molecular complexity index is 339. The number of rotatable bonds is 4. The lowest BCUT2D eigenvalue weighted by Crippen LogP contribution is -1.99. The fourth-order valence-corrected chi connectivity index (χ4v) is 1.53. The summed E-state index contributed by atoms with van der Waals surface area (Å²) in [7, 11) is 0. The molecule has 0 aliphatic rings. The Morgan fingerprint density at radius 2 is 2.29 bits per heavy atom. The van der Waals surface area contributed by atoms with E-state index in [-0.39, 0.29) is 5.78 Å². The van der Waals surface area contributed by atoms with Crippen molar-refractivity contribution in [2.75, 3.05) is 6.86 Å². The second-order valence-corrected chi connectivity index (χ2v) is 3.53. The Morgan fingerprint density at radius 3 is 2.86 bits per heavy atom. The molecule has 0 fully saturated rings. The van der Waals surface area contributed by atoms with Crippen LogP contribution in [0.3, 0.4) is 0 Å². The molecule has 76 valence electrons. The molecule has 0 aromatic heterocycles. The molecule has 0 amide bonds. The van der Waals surface area contributed by atoms with Crippen molar-refractivity contribution < 1.29 is 13.9 Å². The van der Waals surface area contributed by atoms with Gasteiger partial charge in [0.2, 0.25) is 6.86 Å². The average Bonchev–Trinajstić information content (AvgIpc) is 2.20. The smallest absolute Gasteiger partial charge is 0.228 e. The highest BCUT2D eigenvalue weighted by Crippen LogP contribution is 2.23. The number of alkyl halides is 1. The number of carbonyl (C=O) groups is 1. The zero-order valence-corrected chi connectivity index (χ0v) is 9.30. The van der Waals surface area contributed by atoms with Crippen molar-refractivity contribution in [1.29, 1.82) is 0 Å². The molecule has 0 saturated carbocycles. The number of Topliss-reactive ketones (excluding diaryl/α,β-unsaturated/α-hetero) is 1. The summed E-state index contributed by atoms with van der Waals surface area (Å²) >= 11 is 3.25. The maximum absolute atomic E-state index is 11.9. The van der Waals surface area contributed by atoms with Gasteiger partial charge in [0.05, 0.1) is 0 Å². The van der Waals surface area contributed by atoms with E-state index in [4.69, 9.17) is 0 Å². The van der Waals surface area contributed by atoms with E-state index in [0.717, 1.165) is 0 Å². The van der Waals surface area contributed by atoms with Crippen molar-refractivity contribution in [1.82, 2.24) is 0 Å². The molecule has 1 rings (SSSR count). The lowest BCUT2D eigenvalue weighted by molar-refractivity contribution is 0.0986. The third kappa shape index (κ3) is 2.54. The van der Waals surface area contributed by atoms with Crippen LogP contribution in [0.4, 0.5) is 4.39 Å². The van der Waals surface area contributed by atoms with Gasteiger partial charge in [-0.1, -0.05) is 22.9 Å². The van der Waals surface area contributed by atoms with E-state index in [1.54, 1.807) is 19.1 Å². The van der Waals surface area contributed by atoms with Gasteiger partial charge in [0.1, 0.15) is 5.75 Å². The van der Waals surface area contributed by atoms with E-state index in [1.807, 2.05) is 0 Å². The third-order valence-corrected chi connectivity index (χ3v) is 2.47. The van der Waals surface area contributed by atoms with Crippen molar-refractivity contribution in [3.05, 3.63) is 28.2 Å². The summed E-state index contributed by atoms with van der Waals surface area (Å²) in [4.78, 5) is 11.4. The third-order valence-electron chi connectivity index (χ3n) is 1.78. The summed E-state index contributed by atoms with van der Waals surface area (Å²) in [5.74, 6) is 0.369. The van der Waals surface area contributed by atoms with Gasteiger partial charge in [-0.15, -0.1) is 0 Å². The van der Waals surface area contributed by atoms with Gasteiger partial charge >= 0.3 is 0 Å². The Morgan fingerprint density at radius 1 is 1.57 bits per heavy atom. The molecule has 1 aromatic rings. The maximum atomic E-state index is 11.9. The van der Waals surface area contributed by atoms with Crippen LogP contribution in [0.5, 0.6) is 5.75 Å². The summed E-state index contributed by atoms with van der Waals surface area (Å²) in [6, 6.07) is 4.82. The quantitative estimate of drug-likeness (QED) is 0.777. The molecule has 0 spiro atoms. The SMILES string of the molecule is CCC(=O)c1cc(OCF)ccc1Br. The Kier molecular flexibility index (Phi) is 4.07. The van der Waals surface area contributed by atoms with Gasteiger partial charge in [-0.2, -0.15) is 0 Å². The number of halogens is 2. The summed E-state index contributed by atoms with van der Waals surface area (Å²) in [6.07, 6.45) is 0.414. The molecule has 14 heavy (non-hydrogen) atoms. The van der Waals surface area contributed by atoms with Gasteiger partial charge in [-0.25, -0.2) is 4.39 Å². The van der Waals surface area contributed by atoms with Gasteiger partial charge in [0.25, 0.3) is 0 Å². The molecule has 1 aromatic carbocycles. The molecule has 0 heterocycles. The number of ketones is 1. The van der Waals surface area contributed by atoms with Crippen molar-refractivity contribution in [3.63, 3.8) is 0 Å². The first-order valence-corrected chi connectivity index (χ1v) is 4.99. The lowest BCUT2D eigenvalue weighted by atomic mass is 10.1.